The van der Waals surface area contributed by atoms with Gasteiger partial charge in [0.15, 0.2) is 11.3 Å². The first-order chi connectivity index (χ1) is 12.6. The van der Waals surface area contributed by atoms with Crippen molar-refractivity contribution < 1.29 is 9.84 Å². The number of anilines is 2. The number of nitrogens with zero attached hydrogens (tertiary/aromatic N) is 4. The summed E-state index contributed by atoms with van der Waals surface area (Å²) in [4.78, 5) is 8.54. The zero-order valence-corrected chi connectivity index (χ0v) is 15.0. The van der Waals surface area contributed by atoms with Crippen LogP contribution in [0.25, 0.3) is 11.0 Å². The maximum atomic E-state index is 9.54. The normalized spacial score (nSPS) is 12.3. The summed E-state index contributed by atoms with van der Waals surface area (Å²) in [7, 11) is 1.65. The van der Waals surface area contributed by atoms with E-state index in [-0.39, 0.29) is 18.6 Å². The van der Waals surface area contributed by atoms with Gasteiger partial charge < -0.3 is 20.9 Å². The molecule has 0 bridgehead atoms. The van der Waals surface area contributed by atoms with E-state index in [2.05, 4.69) is 27.3 Å². The average Bonchev–Trinajstić information content (AvgIpc) is 3.04. The summed E-state index contributed by atoms with van der Waals surface area (Å²) < 4.78 is 7.19. The second-order valence-corrected chi connectivity index (χ2v) is 6.12. The van der Waals surface area contributed by atoms with Crippen molar-refractivity contribution in [2.75, 3.05) is 24.8 Å². The highest BCUT2D eigenvalue weighted by atomic mass is 16.5. The first-order valence-electron chi connectivity index (χ1n) is 8.64. The predicted molar refractivity (Wildman–Crippen MR) is 101 cm³/mol. The highest BCUT2D eigenvalue weighted by Crippen LogP contribution is 2.23. The molecule has 2 aromatic heterocycles. The third-order valence-corrected chi connectivity index (χ3v) is 4.15. The van der Waals surface area contributed by atoms with Gasteiger partial charge in [0.2, 0.25) is 5.95 Å². The fourth-order valence-corrected chi connectivity index (χ4v) is 2.92. The van der Waals surface area contributed by atoms with Gasteiger partial charge in [-0.25, -0.2) is 4.98 Å². The second-order valence-electron chi connectivity index (χ2n) is 6.12. The van der Waals surface area contributed by atoms with Crippen LogP contribution < -0.4 is 15.8 Å². The Kier molecular flexibility index (Phi) is 5.52. The van der Waals surface area contributed by atoms with Crippen molar-refractivity contribution in [1.29, 1.82) is 0 Å². The molecular formula is C18H24N6O2. The monoisotopic (exact) mass is 356 g/mol. The molecule has 1 atom stereocenters. The van der Waals surface area contributed by atoms with Crippen LogP contribution in [0.2, 0.25) is 0 Å². The van der Waals surface area contributed by atoms with Crippen molar-refractivity contribution in [2.45, 2.75) is 32.4 Å². The SMILES string of the molecule is CCC[C@H](CO)Nc1nc(N)nc2cn(Cc3ccccc3OC)nc12. The molecule has 0 saturated carbocycles. The highest BCUT2D eigenvalue weighted by molar-refractivity contribution is 5.85. The minimum absolute atomic E-state index is 0.0150. The molecule has 1 aromatic carbocycles. The number of nitrogen functional groups attached to an aromatic ring is 1. The van der Waals surface area contributed by atoms with Crippen LogP contribution in [-0.4, -0.2) is 44.6 Å². The molecule has 3 aromatic rings. The number of ether oxygens (including phenoxy) is 1. The zero-order valence-electron chi connectivity index (χ0n) is 15.0. The number of rotatable bonds is 8. The third kappa shape index (κ3) is 3.85. The fourth-order valence-electron chi connectivity index (χ4n) is 2.92. The van der Waals surface area contributed by atoms with Gasteiger partial charge in [-0.15, -0.1) is 0 Å². The Morgan fingerprint density at radius 3 is 2.85 bits per heavy atom. The number of nitrogens with one attached hydrogen (secondary N) is 1. The summed E-state index contributed by atoms with van der Waals surface area (Å²) in [6.45, 7) is 2.62. The Morgan fingerprint density at radius 1 is 1.31 bits per heavy atom. The van der Waals surface area contributed by atoms with Gasteiger partial charge in [0.25, 0.3) is 0 Å². The van der Waals surface area contributed by atoms with Gasteiger partial charge in [-0.1, -0.05) is 31.5 Å². The molecule has 0 aliphatic carbocycles. The Hall–Kier alpha value is -2.87. The van der Waals surface area contributed by atoms with Crippen molar-refractivity contribution in [3.8, 4) is 5.75 Å². The van der Waals surface area contributed by atoms with E-state index in [1.807, 2.05) is 30.5 Å². The van der Waals surface area contributed by atoms with Gasteiger partial charge in [-0.05, 0) is 12.5 Å². The molecule has 4 N–H and O–H groups in total. The first kappa shape index (κ1) is 17.9. The molecule has 0 radical (unpaired) electrons. The lowest BCUT2D eigenvalue weighted by Crippen LogP contribution is -2.24. The van der Waals surface area contributed by atoms with Crippen LogP contribution in [0.4, 0.5) is 11.8 Å². The maximum absolute atomic E-state index is 9.54. The predicted octanol–water partition coefficient (Wildman–Crippen LogP) is 2.04. The van der Waals surface area contributed by atoms with Crippen molar-refractivity contribution >= 4 is 22.8 Å². The molecule has 138 valence electrons. The number of aliphatic hydroxyl groups excluding tert-OH is 1. The lowest BCUT2D eigenvalue weighted by molar-refractivity contribution is 0.268. The highest BCUT2D eigenvalue weighted by Gasteiger charge is 2.15. The number of nitrogens with two attached hydrogens (primary N) is 1. The van der Waals surface area contributed by atoms with Gasteiger partial charge in [0.05, 0.1) is 32.5 Å². The molecule has 0 spiro atoms. The number of hydrogen-bond acceptors (Lipinski definition) is 7. The van der Waals surface area contributed by atoms with Crippen LogP contribution in [-0.2, 0) is 6.54 Å². The standard InChI is InChI=1S/C18H24N6O2/c1-3-6-13(11-25)20-17-16-14(21-18(19)22-17)10-24(23-16)9-12-7-4-5-8-15(12)26-2/h4-5,7-8,10,13,25H,3,6,9,11H2,1-2H3,(H3,19,20,21,22)/t13-/m1/s1. The Morgan fingerprint density at radius 2 is 2.12 bits per heavy atom. The molecule has 2 heterocycles. The van der Waals surface area contributed by atoms with Gasteiger partial charge in [0, 0.05) is 5.56 Å². The topological polar surface area (TPSA) is 111 Å². The Labute approximate surface area is 152 Å². The molecular weight excluding hydrogens is 332 g/mol. The Bertz CT molecular complexity index is 879. The molecule has 0 unspecified atom stereocenters. The van der Waals surface area contributed by atoms with Crippen molar-refractivity contribution in [3.05, 3.63) is 36.0 Å². The molecule has 8 nitrogen and oxygen atoms in total. The molecule has 0 fully saturated rings. The summed E-state index contributed by atoms with van der Waals surface area (Å²) >= 11 is 0. The van der Waals surface area contributed by atoms with Gasteiger partial charge >= 0.3 is 0 Å². The fraction of sp³-hybridized carbons (Fsp3) is 0.389. The van der Waals surface area contributed by atoms with Crippen LogP contribution >= 0.6 is 0 Å². The summed E-state index contributed by atoms with van der Waals surface area (Å²) in [5.74, 6) is 1.52. The molecule has 0 aliphatic rings. The van der Waals surface area contributed by atoms with Gasteiger partial charge in [0.1, 0.15) is 11.3 Å². The number of para-hydroxylation sites is 1. The summed E-state index contributed by atoms with van der Waals surface area (Å²) in [6.07, 6.45) is 3.60. The second kappa shape index (κ2) is 8.01. The lowest BCUT2D eigenvalue weighted by atomic mass is 10.2. The summed E-state index contributed by atoms with van der Waals surface area (Å²) in [6, 6.07) is 7.70. The average molecular weight is 356 g/mol. The summed E-state index contributed by atoms with van der Waals surface area (Å²) in [5, 5.41) is 17.4. The number of aliphatic hydroxyl groups is 1. The zero-order chi connectivity index (χ0) is 18.5. The molecule has 0 amide bonds. The minimum Gasteiger partial charge on any atom is -0.496 e. The maximum Gasteiger partial charge on any atom is 0.222 e. The lowest BCUT2D eigenvalue weighted by Gasteiger charge is -2.16. The van der Waals surface area contributed by atoms with Crippen molar-refractivity contribution in [3.63, 3.8) is 0 Å². The van der Waals surface area contributed by atoms with Crippen LogP contribution in [0, 0.1) is 0 Å². The third-order valence-electron chi connectivity index (χ3n) is 4.15. The van der Waals surface area contributed by atoms with Crippen molar-refractivity contribution in [1.82, 2.24) is 19.7 Å². The molecule has 26 heavy (non-hydrogen) atoms. The molecule has 0 aliphatic heterocycles. The van der Waals surface area contributed by atoms with E-state index in [9.17, 15) is 5.11 Å². The van der Waals surface area contributed by atoms with E-state index in [1.165, 1.54) is 0 Å². The number of aromatic nitrogens is 4. The largest absolute Gasteiger partial charge is 0.496 e. The van der Waals surface area contributed by atoms with E-state index >= 15 is 0 Å². The quantitative estimate of drug-likeness (QED) is 0.566. The van der Waals surface area contributed by atoms with Gasteiger partial charge in [-0.2, -0.15) is 10.1 Å². The minimum atomic E-state index is -0.100. The van der Waals surface area contributed by atoms with Crippen LogP contribution in [0.5, 0.6) is 5.75 Å². The number of fused-ring (bicyclic) bond motifs is 1. The number of hydrogen-bond donors (Lipinski definition) is 3. The van der Waals surface area contributed by atoms with E-state index in [0.29, 0.717) is 23.4 Å². The number of benzene rings is 1. The van der Waals surface area contributed by atoms with Gasteiger partial charge in [-0.3, -0.25) is 4.68 Å². The smallest absolute Gasteiger partial charge is 0.222 e. The first-order valence-corrected chi connectivity index (χ1v) is 8.64. The van der Waals surface area contributed by atoms with Crippen LogP contribution in [0.15, 0.2) is 30.5 Å². The van der Waals surface area contributed by atoms with E-state index in [0.717, 1.165) is 24.2 Å². The molecule has 3 rings (SSSR count). The van der Waals surface area contributed by atoms with E-state index < -0.39 is 0 Å². The van der Waals surface area contributed by atoms with E-state index in [1.54, 1.807) is 11.8 Å². The molecule has 8 heteroatoms. The Balaban J connectivity index is 1.93. The summed E-state index contributed by atoms with van der Waals surface area (Å²) in [5.41, 5.74) is 8.14. The number of methoxy groups -OCH3 is 1. The molecule has 0 saturated heterocycles. The van der Waals surface area contributed by atoms with E-state index in [4.69, 9.17) is 10.5 Å². The van der Waals surface area contributed by atoms with Crippen LogP contribution in [0.3, 0.4) is 0 Å². The van der Waals surface area contributed by atoms with Crippen LogP contribution in [0.1, 0.15) is 25.3 Å². The van der Waals surface area contributed by atoms with Crippen molar-refractivity contribution in [2.24, 2.45) is 0 Å².